The molecule has 3 aromatic rings. The second-order valence-electron chi connectivity index (χ2n) is 6.21. The van der Waals surface area contributed by atoms with Crippen molar-refractivity contribution in [3.63, 3.8) is 0 Å². The maximum atomic E-state index is 14.3. The first-order valence-electron chi connectivity index (χ1n) is 7.88. The van der Waals surface area contributed by atoms with Gasteiger partial charge in [0, 0.05) is 0 Å². The number of nitrogens with one attached hydrogen (secondary N) is 1. The molecular formula is C17H19FN4O. The van der Waals surface area contributed by atoms with E-state index >= 15 is 0 Å². The lowest BCUT2D eigenvalue weighted by Crippen LogP contribution is -2.09. The number of rotatable bonds is 4. The van der Waals surface area contributed by atoms with Crippen LogP contribution in [0.1, 0.15) is 31.5 Å². The van der Waals surface area contributed by atoms with E-state index in [1.165, 1.54) is 26.0 Å². The molecule has 2 aromatic heterocycles. The molecule has 1 aromatic carbocycles. The molecule has 1 aliphatic rings. The van der Waals surface area contributed by atoms with E-state index in [2.05, 4.69) is 22.0 Å². The van der Waals surface area contributed by atoms with Crippen LogP contribution in [0, 0.1) is 18.7 Å². The fraction of sp³-hybridized carbons (Fsp3) is 0.412. The van der Waals surface area contributed by atoms with Crippen LogP contribution in [0.15, 0.2) is 18.2 Å². The van der Waals surface area contributed by atoms with E-state index in [4.69, 9.17) is 4.74 Å². The monoisotopic (exact) mass is 314 g/mol. The van der Waals surface area contributed by atoms with E-state index in [0.717, 1.165) is 16.9 Å². The Balaban J connectivity index is 1.88. The van der Waals surface area contributed by atoms with E-state index < -0.39 is 0 Å². The third-order valence-electron chi connectivity index (χ3n) is 4.64. The van der Waals surface area contributed by atoms with Gasteiger partial charge >= 0.3 is 0 Å². The summed E-state index contributed by atoms with van der Waals surface area (Å²) in [5.74, 6) is 1.26. The molecule has 0 saturated heterocycles. The van der Waals surface area contributed by atoms with Crippen LogP contribution in [0.2, 0.25) is 0 Å². The Morgan fingerprint density at radius 3 is 2.87 bits per heavy atom. The van der Waals surface area contributed by atoms with Gasteiger partial charge < -0.3 is 9.72 Å². The first-order valence-corrected chi connectivity index (χ1v) is 7.88. The van der Waals surface area contributed by atoms with Crippen molar-refractivity contribution in [1.82, 2.24) is 19.7 Å². The van der Waals surface area contributed by atoms with Crippen LogP contribution in [0.4, 0.5) is 4.39 Å². The summed E-state index contributed by atoms with van der Waals surface area (Å²) >= 11 is 0. The van der Waals surface area contributed by atoms with Gasteiger partial charge in [-0.05, 0) is 44.7 Å². The molecule has 1 aliphatic carbocycles. The molecule has 0 spiro atoms. The number of fused-ring (bicyclic) bond motifs is 1. The number of imidazole rings is 1. The number of hydrogen-bond donors (Lipinski definition) is 1. The van der Waals surface area contributed by atoms with Crippen molar-refractivity contribution in [2.75, 3.05) is 7.11 Å². The minimum atomic E-state index is -0.354. The van der Waals surface area contributed by atoms with Gasteiger partial charge in [-0.1, -0.05) is 6.07 Å². The van der Waals surface area contributed by atoms with Crippen LogP contribution < -0.4 is 4.74 Å². The zero-order valence-corrected chi connectivity index (χ0v) is 13.4. The fourth-order valence-corrected chi connectivity index (χ4v) is 3.13. The summed E-state index contributed by atoms with van der Waals surface area (Å²) < 4.78 is 21.5. The highest BCUT2D eigenvalue weighted by Crippen LogP contribution is 2.41. The predicted molar refractivity (Wildman–Crippen MR) is 86.0 cm³/mol. The van der Waals surface area contributed by atoms with E-state index in [1.54, 1.807) is 12.1 Å². The standard InChI is InChI=1S/C17H19FN4O/c1-9-15-17(22(21-9)10(2)11-7-8-11)20-16(19-15)14-12(18)5-4-6-13(14)23-3/h4-6,10-11H,7-8H2,1-3H3,(H,19,20). The number of halogens is 1. The molecule has 1 atom stereocenters. The summed E-state index contributed by atoms with van der Waals surface area (Å²) in [6.45, 7) is 4.11. The van der Waals surface area contributed by atoms with Crippen LogP contribution in [-0.4, -0.2) is 26.9 Å². The van der Waals surface area contributed by atoms with Crippen molar-refractivity contribution >= 4 is 11.2 Å². The average molecular weight is 314 g/mol. The lowest BCUT2D eigenvalue weighted by molar-refractivity contribution is 0.413. The lowest BCUT2D eigenvalue weighted by atomic mass is 10.2. The first kappa shape index (κ1) is 14.2. The van der Waals surface area contributed by atoms with Crippen molar-refractivity contribution in [3.05, 3.63) is 29.7 Å². The molecule has 23 heavy (non-hydrogen) atoms. The molecule has 0 bridgehead atoms. The Morgan fingerprint density at radius 1 is 1.39 bits per heavy atom. The number of aryl methyl sites for hydroxylation is 1. The molecule has 0 aliphatic heterocycles. The quantitative estimate of drug-likeness (QED) is 0.795. The van der Waals surface area contributed by atoms with Gasteiger partial charge in [0.15, 0.2) is 5.65 Å². The highest BCUT2D eigenvalue weighted by Gasteiger charge is 2.32. The number of H-pyrrole nitrogens is 1. The van der Waals surface area contributed by atoms with Crippen molar-refractivity contribution in [1.29, 1.82) is 0 Å². The molecule has 1 unspecified atom stereocenters. The molecule has 1 fully saturated rings. The number of aromatic nitrogens is 4. The van der Waals surface area contributed by atoms with Crippen LogP contribution in [-0.2, 0) is 0 Å². The number of nitrogens with zero attached hydrogens (tertiary/aromatic N) is 3. The molecule has 4 rings (SSSR count). The second kappa shape index (κ2) is 5.08. The lowest BCUT2D eigenvalue weighted by Gasteiger charge is -2.10. The van der Waals surface area contributed by atoms with Crippen LogP contribution >= 0.6 is 0 Å². The summed E-state index contributed by atoms with van der Waals surface area (Å²) in [5.41, 5.74) is 2.87. The number of methoxy groups -OCH3 is 1. The molecule has 2 heterocycles. The Kier molecular flexibility index (Phi) is 3.14. The van der Waals surface area contributed by atoms with Gasteiger partial charge in [-0.3, -0.25) is 0 Å². The maximum Gasteiger partial charge on any atom is 0.177 e. The molecule has 1 saturated carbocycles. The van der Waals surface area contributed by atoms with Gasteiger partial charge in [0.25, 0.3) is 0 Å². The minimum absolute atomic E-state index is 0.310. The Bertz CT molecular complexity index is 878. The number of ether oxygens (including phenoxy) is 1. The third kappa shape index (κ3) is 2.20. The van der Waals surface area contributed by atoms with Gasteiger partial charge in [0.1, 0.15) is 22.9 Å². The molecule has 5 nitrogen and oxygen atoms in total. The smallest absolute Gasteiger partial charge is 0.177 e. The van der Waals surface area contributed by atoms with E-state index in [9.17, 15) is 4.39 Å². The van der Waals surface area contributed by atoms with Crippen molar-refractivity contribution in [2.45, 2.75) is 32.7 Å². The highest BCUT2D eigenvalue weighted by molar-refractivity contribution is 5.80. The number of aromatic amines is 1. The van der Waals surface area contributed by atoms with Gasteiger partial charge in [0.2, 0.25) is 0 Å². The highest BCUT2D eigenvalue weighted by atomic mass is 19.1. The van der Waals surface area contributed by atoms with Crippen LogP contribution in [0.3, 0.4) is 0 Å². The summed E-state index contributed by atoms with van der Waals surface area (Å²) in [6.07, 6.45) is 2.47. The SMILES string of the molecule is COc1cccc(F)c1-c1nc2c([nH]1)c(C)nn2C(C)C1CC1. The van der Waals surface area contributed by atoms with Crippen LogP contribution in [0.25, 0.3) is 22.6 Å². The Morgan fingerprint density at radius 2 is 2.17 bits per heavy atom. The average Bonchev–Trinajstić information content (AvgIpc) is 3.23. The van der Waals surface area contributed by atoms with Crippen molar-refractivity contribution < 1.29 is 9.13 Å². The summed E-state index contributed by atoms with van der Waals surface area (Å²) in [5, 5.41) is 4.61. The van der Waals surface area contributed by atoms with E-state index in [-0.39, 0.29) is 5.82 Å². The zero-order valence-electron chi connectivity index (χ0n) is 13.4. The predicted octanol–water partition coefficient (Wildman–Crippen LogP) is 3.85. The normalized spacial score (nSPS) is 16.0. The summed E-state index contributed by atoms with van der Waals surface area (Å²) in [4.78, 5) is 7.85. The van der Waals surface area contributed by atoms with Crippen molar-refractivity contribution in [2.24, 2.45) is 5.92 Å². The molecule has 6 heteroatoms. The van der Waals surface area contributed by atoms with E-state index in [1.807, 2.05) is 11.6 Å². The van der Waals surface area contributed by atoms with Gasteiger partial charge in [-0.2, -0.15) is 5.10 Å². The molecule has 120 valence electrons. The van der Waals surface area contributed by atoms with Crippen molar-refractivity contribution in [3.8, 4) is 17.1 Å². The third-order valence-corrected chi connectivity index (χ3v) is 4.64. The van der Waals surface area contributed by atoms with Gasteiger partial charge in [0.05, 0.1) is 24.4 Å². The number of benzene rings is 1. The summed E-state index contributed by atoms with van der Waals surface area (Å²) in [7, 11) is 1.53. The maximum absolute atomic E-state index is 14.3. The molecule has 0 radical (unpaired) electrons. The first-order chi connectivity index (χ1) is 11.1. The van der Waals surface area contributed by atoms with E-state index in [0.29, 0.717) is 29.1 Å². The molecular weight excluding hydrogens is 295 g/mol. The van der Waals surface area contributed by atoms with Gasteiger partial charge in [-0.25, -0.2) is 14.1 Å². The molecule has 1 N–H and O–H groups in total. The zero-order chi connectivity index (χ0) is 16.1. The number of hydrogen-bond acceptors (Lipinski definition) is 3. The molecule has 0 amide bonds. The largest absolute Gasteiger partial charge is 0.496 e. The van der Waals surface area contributed by atoms with Gasteiger partial charge in [-0.15, -0.1) is 0 Å². The topological polar surface area (TPSA) is 55.7 Å². The fourth-order valence-electron chi connectivity index (χ4n) is 3.13. The minimum Gasteiger partial charge on any atom is -0.496 e. The summed E-state index contributed by atoms with van der Waals surface area (Å²) in [6, 6.07) is 5.08. The second-order valence-corrected chi connectivity index (χ2v) is 6.21. The Hall–Kier alpha value is -2.37. The van der Waals surface area contributed by atoms with Crippen LogP contribution in [0.5, 0.6) is 5.75 Å². The Labute approximate surface area is 133 Å².